The summed E-state index contributed by atoms with van der Waals surface area (Å²) in [5.74, 6) is 4.23. The molecule has 2 aliphatic heterocycles. The molecule has 62 heavy (non-hydrogen) atoms. The smallest absolute Gasteiger partial charge is 0.463 e. The molecule has 0 spiro atoms. The Balaban J connectivity index is 1.53. The van der Waals surface area contributed by atoms with E-state index in [4.69, 9.17) is 36.6 Å². The van der Waals surface area contributed by atoms with Gasteiger partial charge in [-0.3, -0.25) is 9.05 Å². The minimum atomic E-state index is -1.90. The lowest BCUT2D eigenvalue weighted by Gasteiger charge is -2.34. The van der Waals surface area contributed by atoms with Crippen LogP contribution in [-0.4, -0.2) is 14.2 Å². The zero-order chi connectivity index (χ0) is 46.1. The molecule has 2 heterocycles. The first-order chi connectivity index (χ1) is 28.4. The Morgan fingerprint density at radius 1 is 0.403 bits per heavy atom. The Morgan fingerprint density at radius 2 is 0.726 bits per heavy atom. The van der Waals surface area contributed by atoms with Gasteiger partial charge in [-0.05, 0) is 80.0 Å². The summed E-state index contributed by atoms with van der Waals surface area (Å²) in [5.41, 5.74) is 8.90. The Labute approximate surface area is 375 Å². The van der Waals surface area contributed by atoms with Crippen molar-refractivity contribution in [1.82, 2.24) is 0 Å². The van der Waals surface area contributed by atoms with E-state index in [9.17, 15) is 0 Å². The van der Waals surface area contributed by atoms with Crippen molar-refractivity contribution in [3.05, 3.63) is 93.0 Å². The molecule has 0 amide bonds. The highest BCUT2D eigenvalue weighted by molar-refractivity contribution is 7.43. The van der Waals surface area contributed by atoms with Gasteiger partial charge in [0, 0.05) is 44.5 Å². The van der Waals surface area contributed by atoms with E-state index < -0.39 is 17.2 Å². The maximum absolute atomic E-state index is 7.11. The maximum Gasteiger partial charge on any atom is 0.463 e. The monoisotopic (exact) mass is 886 g/mol. The quantitative estimate of drug-likeness (QED) is 0.170. The van der Waals surface area contributed by atoms with Crippen molar-refractivity contribution < 1.29 is 36.6 Å². The molecule has 2 unspecified atom stereocenters. The van der Waals surface area contributed by atoms with Gasteiger partial charge in [-0.25, -0.2) is 0 Å². The molecule has 0 saturated carbocycles. The van der Waals surface area contributed by atoms with E-state index in [1.54, 1.807) is 14.2 Å². The van der Waals surface area contributed by atoms with E-state index in [1.807, 2.05) is 24.3 Å². The molecule has 2 atom stereocenters. The fourth-order valence-corrected chi connectivity index (χ4v) is 9.82. The van der Waals surface area contributed by atoms with Crippen LogP contribution in [0.15, 0.2) is 48.5 Å². The van der Waals surface area contributed by atoms with Crippen LogP contribution in [0.1, 0.15) is 169 Å². The van der Waals surface area contributed by atoms with Crippen LogP contribution in [0.25, 0.3) is 11.1 Å². The van der Waals surface area contributed by atoms with E-state index in [0.717, 1.165) is 56.0 Å². The normalized spacial score (nSPS) is 17.4. The van der Waals surface area contributed by atoms with E-state index in [-0.39, 0.29) is 32.5 Å². The highest BCUT2D eigenvalue weighted by atomic mass is 31.2. The summed E-state index contributed by atoms with van der Waals surface area (Å²) in [4.78, 5) is 0. The third kappa shape index (κ3) is 10.2. The molecule has 0 fully saturated rings. The molecular weight excluding hydrogens is 815 g/mol. The minimum absolute atomic E-state index is 0.0428. The fraction of sp³-hybridized carbons (Fsp3) is 0.538. The number of methoxy groups -OCH3 is 2. The number of benzene rings is 4. The number of hydrogen-bond acceptors (Lipinski definition) is 8. The molecule has 0 N–H and O–H groups in total. The first kappa shape index (κ1) is 47.9. The molecule has 0 radical (unpaired) electrons. The van der Waals surface area contributed by atoms with Gasteiger partial charge in [0.1, 0.15) is 34.5 Å². The summed E-state index contributed by atoms with van der Waals surface area (Å²) in [6, 6.07) is 17.1. The second-order valence-electron chi connectivity index (χ2n) is 23.0. The Morgan fingerprint density at radius 3 is 1.00 bits per heavy atom. The van der Waals surface area contributed by atoms with Crippen LogP contribution < -0.4 is 27.6 Å². The molecular formula is C52H72O8P2. The predicted octanol–water partition coefficient (Wildman–Crippen LogP) is 15.6. The van der Waals surface area contributed by atoms with Crippen LogP contribution in [-0.2, 0) is 54.8 Å². The van der Waals surface area contributed by atoms with Crippen LogP contribution in [0.2, 0.25) is 0 Å². The summed E-state index contributed by atoms with van der Waals surface area (Å²) in [7, 11) is -0.428. The number of rotatable bonds is 7. The standard InChI is InChI=1S/C52H72O8P2/c1-47(2,3)33-21-31-29-55-61(57-43(31)39(23-33)49(7,8)9)59-45-37(25-35(53-19)27-41(45)51(13,14)15)38-26-36(54-20)28-42(52(16,17)18)46(38)60-62-56-30-32-22-34(48(4,5)6)24-40(44(32)58-62)50(10,11)12/h21-28H,29-30H2,1-20H3. The van der Waals surface area contributed by atoms with E-state index >= 15 is 0 Å². The van der Waals surface area contributed by atoms with Crippen molar-refractivity contribution in [3.8, 4) is 45.6 Å². The third-order valence-corrected chi connectivity index (χ3v) is 13.5. The summed E-state index contributed by atoms with van der Waals surface area (Å²) in [6.45, 7) is 40.5. The van der Waals surface area contributed by atoms with Crippen LogP contribution >= 0.6 is 17.2 Å². The number of ether oxygens (including phenoxy) is 2. The van der Waals surface area contributed by atoms with E-state index in [0.29, 0.717) is 36.2 Å². The van der Waals surface area contributed by atoms with Crippen LogP contribution in [0.3, 0.4) is 0 Å². The van der Waals surface area contributed by atoms with Gasteiger partial charge in [0.25, 0.3) is 0 Å². The van der Waals surface area contributed by atoms with Gasteiger partial charge in [-0.15, -0.1) is 0 Å². The molecule has 0 aliphatic carbocycles. The van der Waals surface area contributed by atoms with E-state index in [1.165, 1.54) is 11.1 Å². The largest absolute Gasteiger partial charge is 0.497 e. The average Bonchev–Trinajstić information content (AvgIpc) is 3.14. The number of hydrogen-bond donors (Lipinski definition) is 0. The molecule has 8 nitrogen and oxygen atoms in total. The Bertz CT molecular complexity index is 2140. The molecule has 4 aromatic carbocycles. The second-order valence-corrected chi connectivity index (χ2v) is 25.1. The van der Waals surface area contributed by atoms with Crippen LogP contribution in [0, 0.1) is 0 Å². The first-order valence-corrected chi connectivity index (χ1v) is 24.0. The topological polar surface area (TPSA) is 73.8 Å². The molecule has 0 saturated heterocycles. The van der Waals surface area contributed by atoms with Crippen LogP contribution in [0.5, 0.6) is 34.5 Å². The fourth-order valence-electron chi connectivity index (χ4n) is 7.62. The van der Waals surface area contributed by atoms with E-state index in [2.05, 4.69) is 149 Å². The lowest BCUT2D eigenvalue weighted by Crippen LogP contribution is -2.21. The zero-order valence-electron chi connectivity index (χ0n) is 41.2. The minimum Gasteiger partial charge on any atom is -0.497 e. The lowest BCUT2D eigenvalue weighted by molar-refractivity contribution is 0.228. The highest BCUT2D eigenvalue weighted by Gasteiger charge is 2.39. The lowest BCUT2D eigenvalue weighted by atomic mass is 9.79. The molecule has 0 aromatic heterocycles. The van der Waals surface area contributed by atoms with Crippen molar-refractivity contribution in [2.75, 3.05) is 14.2 Å². The Kier molecular flexibility index (Phi) is 13.0. The Hall–Kier alpha value is -3.54. The predicted molar refractivity (Wildman–Crippen MR) is 256 cm³/mol. The SMILES string of the molecule is COc1cc(-c2cc(OC)cc(C(C)(C)C)c2OP2OCc3cc(C(C)(C)C)cc(C(C)(C)C)c3O2)c(OP2OCc3cc(C(C)(C)C)cc(C(C)(C)C)c3O2)c(C(C)(C)C)c1. The second kappa shape index (κ2) is 16.8. The van der Waals surface area contributed by atoms with Gasteiger partial charge >= 0.3 is 17.2 Å². The van der Waals surface area contributed by atoms with Gasteiger partial charge in [-0.2, -0.15) is 0 Å². The van der Waals surface area contributed by atoms with Crippen molar-refractivity contribution in [2.24, 2.45) is 0 Å². The van der Waals surface area contributed by atoms with Gasteiger partial charge < -0.3 is 27.6 Å². The highest BCUT2D eigenvalue weighted by Crippen LogP contribution is 2.59. The molecule has 2 aliphatic rings. The summed E-state index contributed by atoms with van der Waals surface area (Å²) < 4.78 is 53.0. The van der Waals surface area contributed by atoms with Gasteiger partial charge in [0.15, 0.2) is 0 Å². The van der Waals surface area contributed by atoms with Gasteiger partial charge in [-0.1, -0.05) is 137 Å². The van der Waals surface area contributed by atoms with Crippen molar-refractivity contribution in [2.45, 2.75) is 170 Å². The van der Waals surface area contributed by atoms with Gasteiger partial charge in [0.2, 0.25) is 0 Å². The molecule has 338 valence electrons. The first-order valence-electron chi connectivity index (χ1n) is 21.8. The van der Waals surface area contributed by atoms with Crippen molar-refractivity contribution >= 4 is 17.2 Å². The van der Waals surface area contributed by atoms with Crippen molar-refractivity contribution in [3.63, 3.8) is 0 Å². The summed E-state index contributed by atoms with van der Waals surface area (Å²) in [5, 5.41) is 0. The molecule has 4 aromatic rings. The molecule has 0 bridgehead atoms. The van der Waals surface area contributed by atoms with Crippen molar-refractivity contribution in [1.29, 1.82) is 0 Å². The third-order valence-electron chi connectivity index (χ3n) is 11.5. The number of fused-ring (bicyclic) bond motifs is 2. The zero-order valence-corrected chi connectivity index (χ0v) is 43.0. The molecule has 6 rings (SSSR count). The maximum atomic E-state index is 7.11. The average molecular weight is 887 g/mol. The molecule has 10 heteroatoms. The summed E-state index contributed by atoms with van der Waals surface area (Å²) in [6.07, 6.45) is 0. The summed E-state index contributed by atoms with van der Waals surface area (Å²) >= 11 is 0. The van der Waals surface area contributed by atoms with Crippen LogP contribution in [0.4, 0.5) is 0 Å². The van der Waals surface area contributed by atoms with Gasteiger partial charge in [0.05, 0.1) is 27.4 Å².